The van der Waals surface area contributed by atoms with Crippen molar-refractivity contribution >= 4 is 35.8 Å². The minimum atomic E-state index is -1.12. The first kappa shape index (κ1) is 15.8. The zero-order chi connectivity index (χ0) is 16.4. The molecule has 2 saturated heterocycles. The molecule has 0 spiro atoms. The Morgan fingerprint density at radius 3 is 2.83 bits per heavy atom. The third-order valence-corrected chi connectivity index (χ3v) is 5.14. The molecule has 124 valence electrons. The van der Waals surface area contributed by atoms with E-state index in [0.29, 0.717) is 23.7 Å². The molecule has 3 heterocycles. The van der Waals surface area contributed by atoms with Crippen molar-refractivity contribution < 1.29 is 14.7 Å². The number of carboxylic acids is 1. The number of β-lactam (4-membered cyclic amide) rings is 1. The van der Waals surface area contributed by atoms with Crippen LogP contribution in [0.1, 0.15) is 6.42 Å². The highest BCUT2D eigenvalue weighted by Gasteiger charge is 2.45. The van der Waals surface area contributed by atoms with Gasteiger partial charge in [-0.05, 0) is 0 Å². The number of thioether (sulfide) groups is 1. The largest absolute Gasteiger partial charge is 0.477 e. The Labute approximate surface area is 137 Å². The van der Waals surface area contributed by atoms with Crippen molar-refractivity contribution in [1.82, 2.24) is 15.1 Å². The number of aliphatic carboxylic acids is 1. The summed E-state index contributed by atoms with van der Waals surface area (Å²) in [6.45, 7) is 3.19. The molecule has 10 heteroatoms. The van der Waals surface area contributed by atoms with Gasteiger partial charge in [-0.15, -0.1) is 16.9 Å². The molecule has 0 bridgehead atoms. The predicted molar refractivity (Wildman–Crippen MR) is 86.9 cm³/mol. The number of fused-ring (bicyclic) bond motifs is 1. The fourth-order valence-corrected chi connectivity index (χ4v) is 3.87. The van der Waals surface area contributed by atoms with Gasteiger partial charge in [0.2, 0.25) is 11.9 Å². The molecule has 0 unspecified atom stereocenters. The molecule has 0 radical (unpaired) electrons. The van der Waals surface area contributed by atoms with E-state index in [0.717, 1.165) is 26.2 Å². The summed E-state index contributed by atoms with van der Waals surface area (Å²) < 4.78 is 0. The summed E-state index contributed by atoms with van der Waals surface area (Å²) in [6.07, 6.45) is 1.77. The maximum atomic E-state index is 11.6. The van der Waals surface area contributed by atoms with Gasteiger partial charge in [-0.1, -0.05) is 0 Å². The quantitative estimate of drug-likeness (QED) is 0.256. The van der Waals surface area contributed by atoms with Crippen LogP contribution in [0, 0.1) is 0 Å². The summed E-state index contributed by atoms with van der Waals surface area (Å²) in [5.41, 5.74) is 6.35. The fourth-order valence-electron chi connectivity index (χ4n) is 2.65. The van der Waals surface area contributed by atoms with E-state index < -0.39 is 5.97 Å². The second kappa shape index (κ2) is 6.59. The molecule has 23 heavy (non-hydrogen) atoms. The van der Waals surface area contributed by atoms with Gasteiger partial charge in [0.25, 0.3) is 0 Å². The van der Waals surface area contributed by atoms with Gasteiger partial charge in [0.05, 0.1) is 18.0 Å². The van der Waals surface area contributed by atoms with Gasteiger partial charge >= 0.3 is 5.97 Å². The van der Waals surface area contributed by atoms with E-state index in [4.69, 9.17) is 5.73 Å². The van der Waals surface area contributed by atoms with Crippen molar-refractivity contribution in [3.63, 3.8) is 0 Å². The van der Waals surface area contributed by atoms with Crippen LogP contribution in [0.15, 0.2) is 21.5 Å². The minimum absolute atomic E-state index is 0.00435. The second-order valence-corrected chi connectivity index (χ2v) is 6.52. The second-order valence-electron chi connectivity index (χ2n) is 5.35. The number of amides is 1. The Kier molecular flexibility index (Phi) is 4.53. The van der Waals surface area contributed by atoms with Crippen molar-refractivity contribution in [2.24, 2.45) is 15.9 Å². The first-order chi connectivity index (χ1) is 11.1. The van der Waals surface area contributed by atoms with E-state index in [2.05, 4.69) is 15.5 Å². The number of piperazine rings is 1. The van der Waals surface area contributed by atoms with Crippen LogP contribution in [-0.2, 0) is 9.59 Å². The third kappa shape index (κ3) is 3.17. The summed E-state index contributed by atoms with van der Waals surface area (Å²) in [6, 6.07) is 0. The first-order valence-electron chi connectivity index (χ1n) is 7.30. The minimum Gasteiger partial charge on any atom is -0.477 e. The Morgan fingerprint density at radius 1 is 1.43 bits per heavy atom. The number of guanidine groups is 1. The Morgan fingerprint density at radius 2 is 2.17 bits per heavy atom. The SMILES string of the molecule is NC(=NN=CC1=C(C(=O)O)N2C(=O)C[C@H]2SC1)N1CCNCC1. The third-order valence-electron chi connectivity index (χ3n) is 3.90. The van der Waals surface area contributed by atoms with E-state index in [9.17, 15) is 14.7 Å². The molecular formula is C13H18N6O3S. The van der Waals surface area contributed by atoms with Gasteiger partial charge in [0.15, 0.2) is 0 Å². The van der Waals surface area contributed by atoms with E-state index in [1.807, 2.05) is 4.90 Å². The van der Waals surface area contributed by atoms with Crippen molar-refractivity contribution in [2.45, 2.75) is 11.8 Å². The lowest BCUT2D eigenvalue weighted by Crippen LogP contribution is -2.54. The number of rotatable bonds is 3. The Hall–Kier alpha value is -2.07. The summed E-state index contributed by atoms with van der Waals surface area (Å²) in [4.78, 5) is 26.3. The van der Waals surface area contributed by atoms with E-state index >= 15 is 0 Å². The van der Waals surface area contributed by atoms with Crippen LogP contribution in [0.25, 0.3) is 0 Å². The number of carbonyl (C=O) groups is 2. The van der Waals surface area contributed by atoms with E-state index in [1.165, 1.54) is 22.9 Å². The lowest BCUT2D eigenvalue weighted by molar-refractivity contribution is -0.146. The molecule has 0 aliphatic carbocycles. The van der Waals surface area contributed by atoms with Crippen molar-refractivity contribution in [1.29, 1.82) is 0 Å². The van der Waals surface area contributed by atoms with Crippen LogP contribution in [0.5, 0.6) is 0 Å². The lowest BCUT2D eigenvalue weighted by Gasteiger charge is -2.43. The number of carbonyl (C=O) groups excluding carboxylic acids is 1. The highest BCUT2D eigenvalue weighted by molar-refractivity contribution is 8.00. The van der Waals surface area contributed by atoms with Gasteiger partial charge in [-0.25, -0.2) is 4.79 Å². The maximum Gasteiger partial charge on any atom is 0.353 e. The fraction of sp³-hybridized carbons (Fsp3) is 0.538. The van der Waals surface area contributed by atoms with Gasteiger partial charge in [0, 0.05) is 37.5 Å². The zero-order valence-corrected chi connectivity index (χ0v) is 13.3. The summed E-state index contributed by atoms with van der Waals surface area (Å²) in [5.74, 6) is -0.498. The number of nitrogens with zero attached hydrogens (tertiary/aromatic N) is 4. The Bertz CT molecular complexity index is 611. The van der Waals surface area contributed by atoms with Crippen molar-refractivity contribution in [3.8, 4) is 0 Å². The molecule has 1 atom stereocenters. The standard InChI is InChI=1S/C13H18N6O3S/c14-13(18-3-1-15-2-4-18)17-16-6-8-7-23-10-5-9(20)19(10)11(8)12(21)22/h6,10,15H,1-5,7H2,(H2,14,17)(H,21,22)/t10-/m1/s1. The van der Waals surface area contributed by atoms with Crippen LogP contribution in [-0.4, -0.2) is 76.3 Å². The zero-order valence-electron chi connectivity index (χ0n) is 12.4. The predicted octanol–water partition coefficient (Wildman–Crippen LogP) is -1.16. The highest BCUT2D eigenvalue weighted by Crippen LogP contribution is 2.39. The number of nitrogens with one attached hydrogen (secondary N) is 1. The van der Waals surface area contributed by atoms with Gasteiger partial charge in [0.1, 0.15) is 5.70 Å². The molecule has 0 aromatic carbocycles. The molecule has 0 saturated carbocycles. The monoisotopic (exact) mass is 338 g/mol. The number of hydrogen-bond acceptors (Lipinski definition) is 6. The van der Waals surface area contributed by atoms with Crippen LogP contribution >= 0.6 is 11.8 Å². The van der Waals surface area contributed by atoms with Gasteiger partial charge in [-0.2, -0.15) is 5.10 Å². The van der Waals surface area contributed by atoms with Crippen LogP contribution in [0.4, 0.5) is 0 Å². The maximum absolute atomic E-state index is 11.6. The lowest BCUT2D eigenvalue weighted by atomic mass is 10.1. The molecule has 9 nitrogen and oxygen atoms in total. The average molecular weight is 338 g/mol. The van der Waals surface area contributed by atoms with Crippen LogP contribution in [0.3, 0.4) is 0 Å². The highest BCUT2D eigenvalue weighted by atomic mass is 32.2. The normalized spacial score (nSPS) is 25.7. The molecule has 3 rings (SSSR count). The smallest absolute Gasteiger partial charge is 0.353 e. The molecular weight excluding hydrogens is 320 g/mol. The van der Waals surface area contributed by atoms with Gasteiger partial charge < -0.3 is 21.1 Å². The van der Waals surface area contributed by atoms with Gasteiger partial charge in [-0.3, -0.25) is 9.69 Å². The molecule has 0 aromatic heterocycles. The molecule has 1 amide bonds. The van der Waals surface area contributed by atoms with Crippen molar-refractivity contribution in [2.75, 3.05) is 31.9 Å². The topological polar surface area (TPSA) is 124 Å². The molecule has 2 fully saturated rings. The molecule has 4 N–H and O–H groups in total. The number of hydrogen-bond donors (Lipinski definition) is 3. The Balaban J connectivity index is 1.75. The molecule has 3 aliphatic heterocycles. The number of carboxylic acid groups (broad SMARTS) is 1. The summed E-state index contributed by atoms with van der Waals surface area (Å²) >= 11 is 1.53. The first-order valence-corrected chi connectivity index (χ1v) is 8.35. The summed E-state index contributed by atoms with van der Waals surface area (Å²) in [5, 5.41) is 20.4. The van der Waals surface area contributed by atoms with Crippen LogP contribution in [0.2, 0.25) is 0 Å². The molecule has 3 aliphatic rings. The summed E-state index contributed by atoms with van der Waals surface area (Å²) in [7, 11) is 0. The van der Waals surface area contributed by atoms with E-state index in [-0.39, 0.29) is 17.0 Å². The molecule has 0 aromatic rings. The van der Waals surface area contributed by atoms with E-state index in [1.54, 1.807) is 0 Å². The average Bonchev–Trinajstić information content (AvgIpc) is 2.55. The number of nitrogens with two attached hydrogens (primary N) is 1. The van der Waals surface area contributed by atoms with Crippen molar-refractivity contribution in [3.05, 3.63) is 11.3 Å². The van der Waals surface area contributed by atoms with Crippen LogP contribution < -0.4 is 11.1 Å².